The molecule has 0 saturated carbocycles. The van der Waals surface area contributed by atoms with Crippen LogP contribution in [0.2, 0.25) is 0 Å². The summed E-state index contributed by atoms with van der Waals surface area (Å²) in [4.78, 5) is 5.61. The van der Waals surface area contributed by atoms with Crippen molar-refractivity contribution in [3.63, 3.8) is 0 Å². The van der Waals surface area contributed by atoms with Gasteiger partial charge in [0.1, 0.15) is 0 Å². The van der Waals surface area contributed by atoms with Crippen molar-refractivity contribution in [1.29, 1.82) is 0 Å². The van der Waals surface area contributed by atoms with Crippen LogP contribution in [0.5, 0.6) is 0 Å². The summed E-state index contributed by atoms with van der Waals surface area (Å²) in [6, 6.07) is 39.4. The lowest BCUT2D eigenvalue weighted by Crippen LogP contribution is -2.61. The molecule has 426 valence electrons. The number of hydrogen-bond acceptors (Lipinski definition) is 3. The maximum atomic E-state index is 2.81. The molecule has 2 nitrogen and oxygen atoms in total. The van der Waals surface area contributed by atoms with Gasteiger partial charge in [0, 0.05) is 33.1 Å². The molecule has 3 heterocycles. The minimum atomic E-state index is 0.0125. The van der Waals surface area contributed by atoms with Gasteiger partial charge < -0.3 is 9.80 Å². The van der Waals surface area contributed by atoms with Crippen LogP contribution in [0.25, 0.3) is 21.2 Å². The van der Waals surface area contributed by atoms with Gasteiger partial charge in [0.05, 0.1) is 5.00 Å². The number of rotatable bonds is 3. The minimum absolute atomic E-state index is 0.0125. The van der Waals surface area contributed by atoms with Crippen molar-refractivity contribution in [2.24, 2.45) is 0 Å². The molecule has 0 bridgehead atoms. The molecule has 0 saturated heterocycles. The average Bonchev–Trinajstić information content (AvgIpc) is 2.05. The van der Waals surface area contributed by atoms with Crippen LogP contribution in [-0.2, 0) is 54.1 Å². The molecule has 0 N–H and O–H groups in total. The maximum Gasteiger partial charge on any atom is 0.254 e. The lowest BCUT2D eigenvalue weighted by Gasteiger charge is -2.48. The number of hydrogen-bond donors (Lipinski definition) is 0. The first-order valence-electron chi connectivity index (χ1n) is 32.1. The number of thiophene rings is 1. The van der Waals surface area contributed by atoms with Crippen molar-refractivity contribution >= 4 is 78.0 Å². The summed E-state index contributed by atoms with van der Waals surface area (Å²) in [5.74, 6) is 0. The molecular formula is C78H95BN2S. The summed E-state index contributed by atoms with van der Waals surface area (Å²) in [7, 11) is 0. The Morgan fingerprint density at radius 3 is 1.12 bits per heavy atom. The highest BCUT2D eigenvalue weighted by molar-refractivity contribution is 7.26. The average molecular weight is 1100 g/mol. The Bertz CT molecular complexity index is 3910. The van der Waals surface area contributed by atoms with E-state index in [1.165, 1.54) is 174 Å². The second kappa shape index (κ2) is 16.9. The molecule has 5 aliphatic carbocycles. The maximum absolute atomic E-state index is 2.81. The molecule has 0 radical (unpaired) electrons. The zero-order valence-corrected chi connectivity index (χ0v) is 54.9. The number of nitrogens with zero attached hydrogens (tertiary/aromatic N) is 2. The van der Waals surface area contributed by atoms with Crippen molar-refractivity contribution in [3.8, 4) is 11.1 Å². The molecule has 2 aliphatic heterocycles. The summed E-state index contributed by atoms with van der Waals surface area (Å²) < 4.78 is 1.43. The van der Waals surface area contributed by atoms with Crippen LogP contribution in [0.15, 0.2) is 91.0 Å². The van der Waals surface area contributed by atoms with E-state index >= 15 is 0 Å². The van der Waals surface area contributed by atoms with Crippen molar-refractivity contribution in [1.82, 2.24) is 0 Å². The summed E-state index contributed by atoms with van der Waals surface area (Å²) in [6.45, 7) is 50.1. The molecule has 0 atom stereocenters. The molecule has 0 unspecified atom stereocenters. The largest absolute Gasteiger partial charge is 0.311 e. The molecule has 82 heavy (non-hydrogen) atoms. The van der Waals surface area contributed by atoms with Crippen LogP contribution in [0, 0.1) is 0 Å². The first-order chi connectivity index (χ1) is 38.0. The van der Waals surface area contributed by atoms with E-state index in [1.54, 1.807) is 16.7 Å². The highest BCUT2D eigenvalue weighted by Crippen LogP contribution is 2.58. The van der Waals surface area contributed by atoms with Crippen LogP contribution >= 0.6 is 11.3 Å². The van der Waals surface area contributed by atoms with Gasteiger partial charge in [-0.2, -0.15) is 0 Å². The molecule has 1 aromatic heterocycles. The lowest BCUT2D eigenvalue weighted by atomic mass is 9.33. The second-order valence-corrected chi connectivity index (χ2v) is 35.3. The number of benzene rings is 6. The summed E-state index contributed by atoms with van der Waals surface area (Å²) in [6.07, 6.45) is 11.9. The molecule has 0 amide bonds. The van der Waals surface area contributed by atoms with E-state index in [2.05, 4.69) is 251 Å². The quantitative estimate of drug-likeness (QED) is 0.163. The van der Waals surface area contributed by atoms with E-state index in [0.29, 0.717) is 0 Å². The Balaban J connectivity index is 1.16. The third kappa shape index (κ3) is 7.82. The lowest BCUT2D eigenvalue weighted by molar-refractivity contribution is 0.332. The van der Waals surface area contributed by atoms with Crippen molar-refractivity contribution in [3.05, 3.63) is 147 Å². The van der Waals surface area contributed by atoms with Gasteiger partial charge in [-0.1, -0.05) is 175 Å². The highest BCUT2D eigenvalue weighted by atomic mass is 32.1. The molecule has 7 aromatic rings. The van der Waals surface area contributed by atoms with Crippen LogP contribution < -0.4 is 26.2 Å². The Labute approximate surface area is 499 Å². The first-order valence-corrected chi connectivity index (χ1v) is 32.9. The monoisotopic (exact) mass is 1100 g/mol. The highest BCUT2D eigenvalue weighted by Gasteiger charge is 2.50. The number of anilines is 6. The zero-order chi connectivity index (χ0) is 58.4. The Morgan fingerprint density at radius 2 is 0.659 bits per heavy atom. The van der Waals surface area contributed by atoms with Crippen LogP contribution in [0.3, 0.4) is 0 Å². The fourth-order valence-corrected chi connectivity index (χ4v) is 18.8. The minimum Gasteiger partial charge on any atom is -0.311 e. The van der Waals surface area contributed by atoms with Crippen molar-refractivity contribution < 1.29 is 0 Å². The van der Waals surface area contributed by atoms with E-state index in [-0.39, 0.29) is 60.9 Å². The normalized spacial score (nSPS) is 23.3. The van der Waals surface area contributed by atoms with Gasteiger partial charge in [-0.15, -0.1) is 11.3 Å². The van der Waals surface area contributed by atoms with Gasteiger partial charge >= 0.3 is 0 Å². The molecule has 0 fully saturated rings. The van der Waals surface area contributed by atoms with E-state index < -0.39 is 0 Å². The van der Waals surface area contributed by atoms with Gasteiger partial charge in [0.25, 0.3) is 6.71 Å². The molecule has 4 heteroatoms. The standard InChI is InChI=1S/C78H95BN2S/c1-69(2)27-30-72(7,8)54-37-46(21-24-51(54)69)47-38-63-67-64(39-47)81(49-23-26-53-56(41-49)74(11,12)32-29-71(53,5)6)68-66(50-42-57-60(45-65(50)82-68)78(19,20)36-33-75(57,13)14)79(67)61-43-58-59(77(17,18)35-34-76(58,15)16)44-62(61)80(63)48-22-25-52-55(40-48)73(9,10)31-28-70(52,3)4/h21-26,37-45H,27-36H2,1-20H3. The van der Waals surface area contributed by atoms with Gasteiger partial charge in [-0.05, 0) is 261 Å². The predicted molar refractivity (Wildman–Crippen MR) is 358 cm³/mol. The van der Waals surface area contributed by atoms with Gasteiger partial charge in [-0.25, -0.2) is 0 Å². The topological polar surface area (TPSA) is 6.48 Å². The van der Waals surface area contributed by atoms with E-state index in [0.717, 1.165) is 0 Å². The third-order valence-electron chi connectivity index (χ3n) is 24.0. The SMILES string of the molecule is CC1(C)CCC(C)(C)c2cc(-c3cc4c5c(c3)N(c3ccc6c(c3)C(C)(C)CCC6(C)C)c3sc6cc7c(cc6c3B5c3cc5c(cc3N4c3ccc4c(c3)C(C)(C)CCC4(C)C)C(C)(C)CCC5(C)C)C(C)(C)CCC7(C)C)ccc21. The Morgan fingerprint density at radius 1 is 0.305 bits per heavy atom. The summed E-state index contributed by atoms with van der Waals surface area (Å²) in [5, 5.41) is 2.85. The van der Waals surface area contributed by atoms with E-state index in [4.69, 9.17) is 0 Å². The first kappa shape index (κ1) is 54.9. The number of fused-ring (bicyclic) bond motifs is 11. The zero-order valence-electron chi connectivity index (χ0n) is 54.1. The van der Waals surface area contributed by atoms with E-state index in [9.17, 15) is 0 Å². The van der Waals surface area contributed by atoms with E-state index in [1.807, 2.05) is 0 Å². The van der Waals surface area contributed by atoms with Crippen LogP contribution in [0.4, 0.5) is 33.4 Å². The van der Waals surface area contributed by atoms with Crippen molar-refractivity contribution in [2.75, 3.05) is 9.80 Å². The fraction of sp³-hybridized carbons (Fsp3) is 0.513. The Kier molecular flexibility index (Phi) is 11.3. The Hall–Kier alpha value is -5.06. The van der Waals surface area contributed by atoms with Crippen LogP contribution in [-0.4, -0.2) is 6.71 Å². The molecule has 14 rings (SSSR count). The summed E-state index contributed by atoms with van der Waals surface area (Å²) >= 11 is 2.07. The van der Waals surface area contributed by atoms with Crippen LogP contribution in [0.1, 0.15) is 258 Å². The predicted octanol–water partition coefficient (Wildman–Crippen LogP) is 20.4. The van der Waals surface area contributed by atoms with Gasteiger partial charge in [-0.3, -0.25) is 0 Å². The molecular weight excluding hydrogens is 1010 g/mol. The second-order valence-electron chi connectivity index (χ2n) is 34.3. The molecule has 7 aliphatic rings. The molecule has 0 spiro atoms. The van der Waals surface area contributed by atoms with Crippen molar-refractivity contribution in [2.45, 2.75) is 257 Å². The fourth-order valence-electron chi connectivity index (χ4n) is 17.5. The van der Waals surface area contributed by atoms with Gasteiger partial charge in [0.15, 0.2) is 0 Å². The summed E-state index contributed by atoms with van der Waals surface area (Å²) in [5.41, 5.74) is 29.6. The smallest absolute Gasteiger partial charge is 0.254 e. The third-order valence-corrected chi connectivity index (χ3v) is 25.2. The molecule has 6 aromatic carbocycles. The van der Waals surface area contributed by atoms with Gasteiger partial charge in [0.2, 0.25) is 0 Å².